The molecule has 2 saturated heterocycles. The van der Waals surface area contributed by atoms with Crippen molar-refractivity contribution >= 4 is 11.9 Å². The molecule has 4 rings (SSSR count). The van der Waals surface area contributed by atoms with E-state index in [1.807, 2.05) is 48.5 Å². The standard InChI is InChI=1S/C29H38N2O6/c1-20-25(18-31-15-3-2-4-16-31)36-29(37-28(20)23-9-7-22(19-32)8-10-23)24-11-5-21(6-12-24)17-30-26(33)13-14-27(34)35/h5-12,20,25,28-29,32H,2-4,13-19H2,1H3,(H,30,33)(H,34,35)/t20-,25+,28+,29+/m0/s1. The molecule has 2 fully saturated rings. The van der Waals surface area contributed by atoms with Crippen LogP contribution in [0.2, 0.25) is 0 Å². The number of aliphatic hydroxyl groups excluding tert-OH is 1. The predicted octanol–water partition coefficient (Wildman–Crippen LogP) is 3.94. The summed E-state index contributed by atoms with van der Waals surface area (Å²) in [5.74, 6) is -1.11. The Labute approximate surface area is 218 Å². The number of piperidine rings is 1. The van der Waals surface area contributed by atoms with Crippen molar-refractivity contribution in [2.24, 2.45) is 5.92 Å². The molecule has 2 aliphatic heterocycles. The minimum atomic E-state index is -0.984. The second-order valence-electron chi connectivity index (χ2n) is 10.1. The highest BCUT2D eigenvalue weighted by Crippen LogP contribution is 2.42. The van der Waals surface area contributed by atoms with Crippen molar-refractivity contribution in [1.29, 1.82) is 0 Å². The zero-order valence-corrected chi connectivity index (χ0v) is 21.5. The number of carbonyl (C=O) groups excluding carboxylic acids is 1. The molecule has 37 heavy (non-hydrogen) atoms. The third kappa shape index (κ3) is 7.61. The van der Waals surface area contributed by atoms with Crippen LogP contribution in [0.3, 0.4) is 0 Å². The third-order valence-electron chi connectivity index (χ3n) is 7.32. The summed E-state index contributed by atoms with van der Waals surface area (Å²) in [7, 11) is 0. The number of ether oxygens (including phenoxy) is 2. The molecule has 0 aromatic heterocycles. The molecule has 0 saturated carbocycles. The molecule has 0 radical (unpaired) electrons. The Morgan fingerprint density at radius 1 is 0.919 bits per heavy atom. The number of carboxylic acid groups (broad SMARTS) is 1. The molecule has 0 spiro atoms. The zero-order chi connectivity index (χ0) is 26.2. The smallest absolute Gasteiger partial charge is 0.303 e. The fourth-order valence-electron chi connectivity index (χ4n) is 5.03. The Balaban J connectivity index is 1.46. The van der Waals surface area contributed by atoms with Gasteiger partial charge in [-0.15, -0.1) is 0 Å². The third-order valence-corrected chi connectivity index (χ3v) is 7.32. The first-order valence-corrected chi connectivity index (χ1v) is 13.2. The summed E-state index contributed by atoms with van der Waals surface area (Å²) in [6, 6.07) is 15.7. The maximum atomic E-state index is 11.8. The number of nitrogens with zero attached hydrogens (tertiary/aromatic N) is 1. The Morgan fingerprint density at radius 2 is 1.57 bits per heavy atom. The minimum Gasteiger partial charge on any atom is -0.481 e. The van der Waals surface area contributed by atoms with Crippen molar-refractivity contribution in [2.75, 3.05) is 19.6 Å². The Hall–Kier alpha value is -2.78. The molecule has 3 N–H and O–H groups in total. The summed E-state index contributed by atoms with van der Waals surface area (Å²) in [4.78, 5) is 25.0. The molecule has 8 nitrogen and oxygen atoms in total. The topological polar surface area (TPSA) is 108 Å². The summed E-state index contributed by atoms with van der Waals surface area (Å²) >= 11 is 0. The summed E-state index contributed by atoms with van der Waals surface area (Å²) in [6.07, 6.45) is 2.86. The van der Waals surface area contributed by atoms with Crippen LogP contribution in [-0.4, -0.2) is 52.7 Å². The highest BCUT2D eigenvalue weighted by atomic mass is 16.7. The largest absolute Gasteiger partial charge is 0.481 e. The van der Waals surface area contributed by atoms with Gasteiger partial charge in [0.25, 0.3) is 0 Å². The van der Waals surface area contributed by atoms with Crippen LogP contribution in [0.25, 0.3) is 0 Å². The predicted molar refractivity (Wildman–Crippen MR) is 138 cm³/mol. The zero-order valence-electron chi connectivity index (χ0n) is 21.5. The lowest BCUT2D eigenvalue weighted by Crippen LogP contribution is -2.45. The van der Waals surface area contributed by atoms with Gasteiger partial charge in [-0.3, -0.25) is 9.59 Å². The maximum Gasteiger partial charge on any atom is 0.303 e. The molecule has 0 aliphatic carbocycles. The van der Waals surface area contributed by atoms with Gasteiger partial charge in [-0.25, -0.2) is 0 Å². The SMILES string of the molecule is C[C@H]1[C@@H](CN2CCCCC2)O[C@@H](c2ccc(CNC(=O)CCC(=O)O)cc2)O[C@H]1c1ccc(CO)cc1. The Bertz CT molecular complexity index is 1020. The number of nitrogens with one attached hydrogen (secondary N) is 1. The Morgan fingerprint density at radius 3 is 2.22 bits per heavy atom. The van der Waals surface area contributed by atoms with E-state index >= 15 is 0 Å². The van der Waals surface area contributed by atoms with Crippen molar-refractivity contribution < 1.29 is 29.3 Å². The van der Waals surface area contributed by atoms with Gasteiger partial charge in [-0.2, -0.15) is 0 Å². The van der Waals surface area contributed by atoms with Gasteiger partial charge < -0.3 is 29.9 Å². The highest BCUT2D eigenvalue weighted by molar-refractivity contribution is 5.80. The van der Waals surface area contributed by atoms with E-state index in [0.717, 1.165) is 41.9 Å². The number of aliphatic carboxylic acids is 1. The number of amides is 1. The van der Waals surface area contributed by atoms with E-state index in [0.29, 0.717) is 6.54 Å². The molecule has 1 amide bonds. The fraction of sp³-hybridized carbons (Fsp3) is 0.517. The molecule has 8 heteroatoms. The average Bonchev–Trinajstić information content (AvgIpc) is 2.93. The van der Waals surface area contributed by atoms with Gasteiger partial charge in [0.15, 0.2) is 6.29 Å². The second kappa shape index (κ2) is 13.1. The number of aliphatic hydroxyl groups is 1. The maximum absolute atomic E-state index is 11.8. The first-order valence-electron chi connectivity index (χ1n) is 13.2. The molecular formula is C29H38N2O6. The number of carbonyl (C=O) groups is 2. The van der Waals surface area contributed by atoms with E-state index < -0.39 is 12.3 Å². The van der Waals surface area contributed by atoms with Crippen LogP contribution in [0.15, 0.2) is 48.5 Å². The van der Waals surface area contributed by atoms with Crippen molar-refractivity contribution in [2.45, 2.75) is 70.7 Å². The molecule has 0 unspecified atom stereocenters. The summed E-state index contributed by atoms with van der Waals surface area (Å²) in [6.45, 7) is 5.59. The van der Waals surface area contributed by atoms with Gasteiger partial charge in [0.1, 0.15) is 0 Å². The molecule has 0 bridgehead atoms. The van der Waals surface area contributed by atoms with Crippen LogP contribution in [0, 0.1) is 5.92 Å². The monoisotopic (exact) mass is 510 g/mol. The number of rotatable bonds is 10. The lowest BCUT2D eigenvalue weighted by molar-refractivity contribution is -0.276. The van der Waals surface area contributed by atoms with E-state index in [4.69, 9.17) is 14.6 Å². The van der Waals surface area contributed by atoms with Crippen molar-refractivity contribution in [1.82, 2.24) is 10.2 Å². The van der Waals surface area contributed by atoms with E-state index in [1.165, 1.54) is 19.3 Å². The summed E-state index contributed by atoms with van der Waals surface area (Å²) in [5.41, 5.74) is 3.77. The molecule has 200 valence electrons. The van der Waals surface area contributed by atoms with Crippen LogP contribution in [0.5, 0.6) is 0 Å². The van der Waals surface area contributed by atoms with Crippen molar-refractivity contribution in [3.05, 3.63) is 70.8 Å². The van der Waals surface area contributed by atoms with E-state index in [9.17, 15) is 14.7 Å². The normalized spacial score (nSPS) is 24.5. The minimum absolute atomic E-state index is 0.00701. The number of carboxylic acids is 1. The van der Waals surface area contributed by atoms with E-state index in [2.05, 4.69) is 17.1 Å². The van der Waals surface area contributed by atoms with Crippen LogP contribution < -0.4 is 5.32 Å². The van der Waals surface area contributed by atoms with Crippen LogP contribution in [-0.2, 0) is 32.2 Å². The molecule has 2 aliphatic rings. The van der Waals surface area contributed by atoms with Crippen molar-refractivity contribution in [3.63, 3.8) is 0 Å². The van der Waals surface area contributed by atoms with E-state index in [1.54, 1.807) is 0 Å². The first-order chi connectivity index (χ1) is 17.9. The number of likely N-dealkylation sites (tertiary alicyclic amines) is 1. The van der Waals surface area contributed by atoms with E-state index in [-0.39, 0.29) is 43.5 Å². The molecule has 4 atom stereocenters. The Kier molecular flexibility index (Phi) is 9.68. The van der Waals surface area contributed by atoms with Gasteiger partial charge in [-0.1, -0.05) is 61.9 Å². The first kappa shape index (κ1) is 27.3. The quantitative estimate of drug-likeness (QED) is 0.444. The van der Waals surface area contributed by atoms with Gasteiger partial charge in [0.05, 0.1) is 25.2 Å². The number of hydrogen-bond donors (Lipinski definition) is 3. The fourth-order valence-corrected chi connectivity index (χ4v) is 5.03. The molecule has 2 heterocycles. The van der Waals surface area contributed by atoms with Gasteiger partial charge in [-0.05, 0) is 42.6 Å². The van der Waals surface area contributed by atoms with Crippen LogP contribution >= 0.6 is 0 Å². The molecular weight excluding hydrogens is 472 g/mol. The summed E-state index contributed by atoms with van der Waals surface area (Å²) in [5, 5.41) is 20.9. The van der Waals surface area contributed by atoms with Gasteiger partial charge >= 0.3 is 5.97 Å². The number of benzene rings is 2. The highest BCUT2D eigenvalue weighted by Gasteiger charge is 2.39. The number of hydrogen-bond acceptors (Lipinski definition) is 6. The van der Waals surface area contributed by atoms with Gasteiger partial charge in [0, 0.05) is 31.0 Å². The van der Waals surface area contributed by atoms with Gasteiger partial charge in [0.2, 0.25) is 5.91 Å². The van der Waals surface area contributed by atoms with Crippen LogP contribution in [0.1, 0.15) is 73.7 Å². The van der Waals surface area contributed by atoms with Crippen LogP contribution in [0.4, 0.5) is 0 Å². The lowest BCUT2D eigenvalue weighted by atomic mass is 9.89. The summed E-state index contributed by atoms with van der Waals surface area (Å²) < 4.78 is 13.1. The molecule has 2 aromatic carbocycles. The average molecular weight is 511 g/mol. The second-order valence-corrected chi connectivity index (χ2v) is 10.1. The molecule has 2 aromatic rings. The lowest BCUT2D eigenvalue weighted by Gasteiger charge is -2.43. The van der Waals surface area contributed by atoms with Crippen molar-refractivity contribution in [3.8, 4) is 0 Å².